The van der Waals surface area contributed by atoms with Crippen LogP contribution >= 0.6 is 35.2 Å². The molecular weight excluding hydrogens is 426 g/mol. The second kappa shape index (κ2) is 8.10. The van der Waals surface area contributed by atoms with Crippen LogP contribution in [0.15, 0.2) is 53.3 Å². The van der Waals surface area contributed by atoms with Crippen molar-refractivity contribution >= 4 is 57.6 Å². The third-order valence-corrected chi connectivity index (χ3v) is 6.27. The van der Waals surface area contributed by atoms with Crippen LogP contribution in [0.3, 0.4) is 0 Å². The monoisotopic (exact) mass is 443 g/mol. The Labute approximate surface area is 181 Å². The molecule has 5 nitrogen and oxygen atoms in total. The molecule has 0 aliphatic rings. The van der Waals surface area contributed by atoms with Gasteiger partial charge in [-0.25, -0.2) is 0 Å². The van der Waals surface area contributed by atoms with E-state index < -0.39 is 0 Å². The van der Waals surface area contributed by atoms with Gasteiger partial charge in [0, 0.05) is 11.6 Å². The number of carbonyl (C=O) groups is 1. The predicted octanol–water partition coefficient (Wildman–Crippen LogP) is 4.89. The molecule has 0 aliphatic heterocycles. The SMILES string of the molecule is CCCNC(=O)Cn1c(=O)c2ccccc2n2c(=S)sc(-c3cccc(Cl)c3)c12. The Morgan fingerprint density at radius 1 is 1.21 bits per heavy atom. The fraction of sp³-hybridized carbons (Fsp3) is 0.190. The summed E-state index contributed by atoms with van der Waals surface area (Å²) in [7, 11) is 0. The van der Waals surface area contributed by atoms with Crippen molar-refractivity contribution in [3.05, 3.63) is 67.9 Å². The Hall–Kier alpha value is -2.48. The Kier molecular flexibility index (Phi) is 5.54. The Morgan fingerprint density at radius 2 is 2.00 bits per heavy atom. The maximum atomic E-state index is 13.3. The maximum absolute atomic E-state index is 13.3. The zero-order valence-corrected chi connectivity index (χ0v) is 18.0. The molecule has 0 fully saturated rings. The van der Waals surface area contributed by atoms with E-state index in [9.17, 15) is 9.59 Å². The molecule has 8 heteroatoms. The molecule has 148 valence electrons. The molecular formula is C21H18ClN3O2S2. The maximum Gasteiger partial charge on any atom is 0.262 e. The molecule has 0 saturated heterocycles. The van der Waals surface area contributed by atoms with Crippen molar-refractivity contribution in [2.75, 3.05) is 6.54 Å². The van der Waals surface area contributed by atoms with E-state index in [1.165, 1.54) is 15.9 Å². The van der Waals surface area contributed by atoms with E-state index in [-0.39, 0.29) is 18.0 Å². The minimum atomic E-state index is -0.219. The summed E-state index contributed by atoms with van der Waals surface area (Å²) in [5.41, 5.74) is 1.97. The van der Waals surface area contributed by atoms with Crippen LogP contribution in [-0.2, 0) is 11.3 Å². The van der Waals surface area contributed by atoms with Crippen molar-refractivity contribution in [1.82, 2.24) is 14.3 Å². The zero-order chi connectivity index (χ0) is 20.5. The number of hydrogen-bond donors (Lipinski definition) is 1. The second-order valence-corrected chi connectivity index (χ2v) is 8.71. The summed E-state index contributed by atoms with van der Waals surface area (Å²) in [5.74, 6) is -0.208. The number of hydrogen-bond acceptors (Lipinski definition) is 4. The summed E-state index contributed by atoms with van der Waals surface area (Å²) < 4.78 is 3.99. The Balaban J connectivity index is 2.07. The molecule has 0 radical (unpaired) electrons. The van der Waals surface area contributed by atoms with Crippen molar-refractivity contribution in [3.63, 3.8) is 0 Å². The van der Waals surface area contributed by atoms with Gasteiger partial charge < -0.3 is 5.32 Å². The van der Waals surface area contributed by atoms with Crippen molar-refractivity contribution in [2.24, 2.45) is 0 Å². The first-order chi connectivity index (χ1) is 14.0. The fourth-order valence-electron chi connectivity index (χ4n) is 3.34. The summed E-state index contributed by atoms with van der Waals surface area (Å²) in [4.78, 5) is 26.6. The van der Waals surface area contributed by atoms with E-state index in [1.807, 2.05) is 47.7 Å². The summed E-state index contributed by atoms with van der Waals surface area (Å²) in [6.07, 6.45) is 0.824. The van der Waals surface area contributed by atoms with Crippen molar-refractivity contribution in [1.29, 1.82) is 0 Å². The summed E-state index contributed by atoms with van der Waals surface area (Å²) in [6.45, 7) is 2.47. The van der Waals surface area contributed by atoms with Crippen molar-refractivity contribution < 1.29 is 4.79 Å². The van der Waals surface area contributed by atoms with Gasteiger partial charge in [-0.2, -0.15) is 0 Å². The Morgan fingerprint density at radius 3 is 2.76 bits per heavy atom. The highest BCUT2D eigenvalue weighted by Crippen LogP contribution is 2.34. The van der Waals surface area contributed by atoms with Crippen LogP contribution in [0.4, 0.5) is 0 Å². The van der Waals surface area contributed by atoms with Gasteiger partial charge in [-0.05, 0) is 48.5 Å². The lowest BCUT2D eigenvalue weighted by Crippen LogP contribution is -2.33. The number of nitrogens with zero attached hydrogens (tertiary/aromatic N) is 2. The smallest absolute Gasteiger partial charge is 0.262 e. The van der Waals surface area contributed by atoms with Gasteiger partial charge in [0.1, 0.15) is 12.2 Å². The van der Waals surface area contributed by atoms with Crippen LogP contribution in [0, 0.1) is 3.95 Å². The molecule has 0 bridgehead atoms. The minimum Gasteiger partial charge on any atom is -0.355 e. The number of fused-ring (bicyclic) bond motifs is 3. The van der Waals surface area contributed by atoms with Gasteiger partial charge in [-0.15, -0.1) is 11.3 Å². The van der Waals surface area contributed by atoms with Crippen LogP contribution in [-0.4, -0.2) is 21.4 Å². The highest BCUT2D eigenvalue weighted by molar-refractivity contribution is 7.73. The average molecular weight is 444 g/mol. The molecule has 2 heterocycles. The molecule has 0 atom stereocenters. The third kappa shape index (κ3) is 3.61. The van der Waals surface area contributed by atoms with E-state index >= 15 is 0 Å². The molecule has 1 amide bonds. The molecule has 4 rings (SSSR count). The largest absolute Gasteiger partial charge is 0.355 e. The van der Waals surface area contributed by atoms with Gasteiger partial charge in [0.25, 0.3) is 5.56 Å². The topological polar surface area (TPSA) is 55.5 Å². The van der Waals surface area contributed by atoms with E-state index in [1.54, 1.807) is 12.1 Å². The summed E-state index contributed by atoms with van der Waals surface area (Å²) >= 11 is 13.3. The molecule has 0 spiro atoms. The highest BCUT2D eigenvalue weighted by atomic mass is 35.5. The van der Waals surface area contributed by atoms with E-state index in [2.05, 4.69) is 5.32 Å². The number of halogens is 1. The van der Waals surface area contributed by atoms with Crippen LogP contribution in [0.2, 0.25) is 5.02 Å². The van der Waals surface area contributed by atoms with Gasteiger partial charge in [-0.3, -0.25) is 18.6 Å². The van der Waals surface area contributed by atoms with Crippen molar-refractivity contribution in [3.8, 4) is 10.4 Å². The quantitative estimate of drug-likeness (QED) is 0.447. The fourth-order valence-corrected chi connectivity index (χ4v) is 4.96. The molecule has 4 aromatic rings. The normalized spacial score (nSPS) is 11.2. The number of benzene rings is 2. The minimum absolute atomic E-state index is 0.0771. The number of rotatable bonds is 5. The molecule has 0 unspecified atom stereocenters. The van der Waals surface area contributed by atoms with Crippen LogP contribution in [0.1, 0.15) is 13.3 Å². The van der Waals surface area contributed by atoms with Crippen LogP contribution in [0.25, 0.3) is 27.0 Å². The van der Waals surface area contributed by atoms with Gasteiger partial charge in [0.15, 0.2) is 3.95 Å². The first-order valence-electron chi connectivity index (χ1n) is 9.21. The van der Waals surface area contributed by atoms with Gasteiger partial charge in [-0.1, -0.05) is 42.8 Å². The number of para-hydroxylation sites is 1. The lowest BCUT2D eigenvalue weighted by atomic mass is 10.2. The number of thiazole rings is 1. The number of nitrogens with one attached hydrogen (secondary N) is 1. The average Bonchev–Trinajstić information content (AvgIpc) is 3.07. The van der Waals surface area contributed by atoms with Gasteiger partial charge in [0.2, 0.25) is 5.91 Å². The molecule has 1 N–H and O–H groups in total. The summed E-state index contributed by atoms with van der Waals surface area (Å²) in [5, 5.41) is 3.96. The van der Waals surface area contributed by atoms with Crippen LogP contribution in [0.5, 0.6) is 0 Å². The lowest BCUT2D eigenvalue weighted by Gasteiger charge is -2.13. The number of aromatic nitrogens is 2. The van der Waals surface area contributed by atoms with E-state index in [0.717, 1.165) is 22.4 Å². The predicted molar refractivity (Wildman–Crippen MR) is 122 cm³/mol. The van der Waals surface area contributed by atoms with E-state index in [0.29, 0.717) is 26.6 Å². The van der Waals surface area contributed by atoms with E-state index in [4.69, 9.17) is 23.8 Å². The molecule has 0 saturated carbocycles. The third-order valence-electron chi connectivity index (χ3n) is 4.62. The highest BCUT2D eigenvalue weighted by Gasteiger charge is 2.19. The first-order valence-corrected chi connectivity index (χ1v) is 10.8. The van der Waals surface area contributed by atoms with Crippen LogP contribution < -0.4 is 10.9 Å². The zero-order valence-electron chi connectivity index (χ0n) is 15.6. The first kappa shape index (κ1) is 19.8. The lowest BCUT2D eigenvalue weighted by molar-refractivity contribution is -0.121. The molecule has 2 aromatic heterocycles. The second-order valence-electron chi connectivity index (χ2n) is 6.62. The standard InChI is InChI=1S/C21H18ClN3O2S2/c1-2-10-23-17(26)12-24-19-18(13-6-5-7-14(22)11-13)29-21(28)25(19)16-9-4-3-8-15(16)20(24)27/h3-9,11H,2,10,12H2,1H3,(H,23,26). The molecule has 2 aromatic carbocycles. The van der Waals surface area contributed by atoms with Gasteiger partial charge in [0.05, 0.1) is 15.8 Å². The number of amides is 1. The van der Waals surface area contributed by atoms with Gasteiger partial charge >= 0.3 is 0 Å². The molecule has 29 heavy (non-hydrogen) atoms. The summed E-state index contributed by atoms with van der Waals surface area (Å²) in [6, 6.07) is 14.7. The molecule has 0 aliphatic carbocycles. The van der Waals surface area contributed by atoms with Crippen molar-refractivity contribution in [2.45, 2.75) is 19.9 Å². The Bertz CT molecular complexity index is 1350. The number of carbonyl (C=O) groups excluding carboxylic acids is 1.